The molecule has 2 saturated heterocycles. The van der Waals surface area contributed by atoms with Crippen LogP contribution in [0, 0.1) is 10.1 Å². The summed E-state index contributed by atoms with van der Waals surface area (Å²) in [5.41, 5.74) is 0.601. The van der Waals surface area contributed by atoms with Crippen LogP contribution in [0.2, 0.25) is 5.15 Å². The van der Waals surface area contributed by atoms with Crippen LogP contribution in [0.4, 0.5) is 22.9 Å². The summed E-state index contributed by atoms with van der Waals surface area (Å²) in [4.78, 5) is 60.1. The highest BCUT2D eigenvalue weighted by Crippen LogP contribution is 2.36. The van der Waals surface area contributed by atoms with Crippen molar-refractivity contribution in [3.8, 4) is 0 Å². The van der Waals surface area contributed by atoms with Crippen molar-refractivity contribution >= 4 is 68.1 Å². The van der Waals surface area contributed by atoms with E-state index in [9.17, 15) is 24.5 Å². The fraction of sp³-hybridized carbons (Fsp3) is 0.414. The minimum Gasteiger partial charge on any atom is -0.387 e. The van der Waals surface area contributed by atoms with Gasteiger partial charge in [-0.3, -0.25) is 34.2 Å². The number of nitrogens with zero attached hydrogens (tertiary/aromatic N) is 6. The molecule has 0 spiro atoms. The molecule has 3 N–H and O–H groups in total. The van der Waals surface area contributed by atoms with Crippen LogP contribution in [0.5, 0.6) is 0 Å². The number of ether oxygens (including phenoxy) is 1. The smallest absolute Gasteiger partial charge is 0.294 e. The molecule has 0 saturated carbocycles. The third-order valence-electron chi connectivity index (χ3n) is 7.78. The number of pyridine rings is 1. The molecule has 2 aromatic heterocycles. The van der Waals surface area contributed by atoms with Crippen molar-refractivity contribution in [3.05, 3.63) is 67.5 Å². The van der Waals surface area contributed by atoms with Crippen LogP contribution < -0.4 is 16.0 Å². The number of halogens is 2. The molecule has 2 aliphatic rings. The van der Waals surface area contributed by atoms with Gasteiger partial charge in [0.2, 0.25) is 5.91 Å². The average Bonchev–Trinajstić information content (AvgIpc) is 3.58. The van der Waals surface area contributed by atoms with Crippen LogP contribution in [0.1, 0.15) is 41.0 Å². The summed E-state index contributed by atoms with van der Waals surface area (Å²) in [5.74, 6) is -1.20. The number of nitrogens with one attached hydrogen (secondary N) is 3. The molecule has 0 bridgehead atoms. The van der Waals surface area contributed by atoms with E-state index in [1.54, 1.807) is 31.3 Å². The van der Waals surface area contributed by atoms with E-state index in [-0.39, 0.29) is 53.5 Å². The largest absolute Gasteiger partial charge is 0.387 e. The van der Waals surface area contributed by atoms with E-state index in [0.29, 0.717) is 28.4 Å². The van der Waals surface area contributed by atoms with Gasteiger partial charge in [-0.2, -0.15) is 5.10 Å². The molecule has 244 valence electrons. The third-order valence-corrected chi connectivity index (χ3v) is 8.59. The van der Waals surface area contributed by atoms with E-state index in [0.717, 1.165) is 0 Å². The second-order valence-corrected chi connectivity index (χ2v) is 12.6. The van der Waals surface area contributed by atoms with Gasteiger partial charge in [-0.1, -0.05) is 27.5 Å². The molecule has 2 aliphatic heterocycles. The van der Waals surface area contributed by atoms with Gasteiger partial charge >= 0.3 is 0 Å². The predicted molar refractivity (Wildman–Crippen MR) is 174 cm³/mol. The molecule has 0 aliphatic carbocycles. The first-order chi connectivity index (χ1) is 21.8. The Morgan fingerprint density at radius 3 is 2.43 bits per heavy atom. The standard InChI is InChI=1S/C29H33BrClN9O6/c1-15-12-38(13-16(2)46-15)29(43)21-6-18(30)7-22(40(44)45)26(21)34-20-8-23(27(41)35-25-9-24(31)37(4)36-25)39(14-20)28(42)17-5-19(32-3)11-33-10-17/h5-7,9-11,15-16,20,23,32,34H,8,12-14H2,1-4H3,(H,35,36,41)/t15-,16+,20-,23+/m1/s1. The van der Waals surface area contributed by atoms with Gasteiger partial charge in [0.25, 0.3) is 17.5 Å². The summed E-state index contributed by atoms with van der Waals surface area (Å²) in [5, 5.41) is 25.6. The van der Waals surface area contributed by atoms with Crippen molar-refractivity contribution in [1.29, 1.82) is 0 Å². The molecule has 5 rings (SSSR count). The van der Waals surface area contributed by atoms with Crippen LogP contribution in [0.3, 0.4) is 0 Å². The van der Waals surface area contributed by atoms with Crippen molar-refractivity contribution in [2.45, 2.75) is 44.6 Å². The monoisotopic (exact) mass is 717 g/mol. The number of rotatable bonds is 8. The summed E-state index contributed by atoms with van der Waals surface area (Å²) in [6, 6.07) is 4.28. The number of carbonyl (C=O) groups is 3. The molecule has 3 amide bonds. The SMILES string of the molecule is CNc1cncc(C(=O)N2C[C@H](Nc3c(C(=O)N4C[C@@H](C)O[C@@H](C)C4)cc(Br)cc3[N+](=O)[O-])C[C@H]2C(=O)Nc2cc(Cl)n(C)n2)c1. The summed E-state index contributed by atoms with van der Waals surface area (Å²) in [7, 11) is 3.31. The lowest BCUT2D eigenvalue weighted by Gasteiger charge is -2.35. The Balaban J connectivity index is 1.49. The van der Waals surface area contributed by atoms with Gasteiger partial charge in [0.1, 0.15) is 16.9 Å². The molecular weight excluding hydrogens is 686 g/mol. The minimum atomic E-state index is -1.00. The number of amides is 3. The van der Waals surface area contributed by atoms with E-state index in [1.165, 1.54) is 34.0 Å². The molecule has 1 aromatic carbocycles. The first-order valence-corrected chi connectivity index (χ1v) is 15.6. The van der Waals surface area contributed by atoms with Crippen molar-refractivity contribution in [2.24, 2.45) is 7.05 Å². The molecule has 2 fully saturated rings. The first-order valence-electron chi connectivity index (χ1n) is 14.5. The van der Waals surface area contributed by atoms with Gasteiger partial charge in [-0.25, -0.2) is 0 Å². The number of carbonyl (C=O) groups excluding carboxylic acids is 3. The highest BCUT2D eigenvalue weighted by atomic mass is 79.9. The molecule has 15 nitrogen and oxygen atoms in total. The van der Waals surface area contributed by atoms with Crippen LogP contribution in [-0.4, -0.2) is 98.2 Å². The van der Waals surface area contributed by atoms with Crippen LogP contribution in [0.25, 0.3) is 0 Å². The number of hydrogen-bond donors (Lipinski definition) is 3. The summed E-state index contributed by atoms with van der Waals surface area (Å²) in [6.07, 6.45) is 2.60. The Hall–Kier alpha value is -4.28. The number of aromatic nitrogens is 3. The molecule has 4 atom stereocenters. The van der Waals surface area contributed by atoms with Crippen LogP contribution >= 0.6 is 27.5 Å². The molecule has 17 heteroatoms. The van der Waals surface area contributed by atoms with E-state index in [4.69, 9.17) is 16.3 Å². The van der Waals surface area contributed by atoms with Gasteiger partial charge in [0.05, 0.1) is 33.9 Å². The quantitative estimate of drug-likeness (QED) is 0.230. The summed E-state index contributed by atoms with van der Waals surface area (Å²) in [6.45, 7) is 4.33. The molecular formula is C29H33BrClN9O6. The maximum Gasteiger partial charge on any atom is 0.294 e. The maximum absolute atomic E-state index is 13.9. The van der Waals surface area contributed by atoms with E-state index >= 15 is 0 Å². The number of morpholine rings is 1. The Kier molecular flexibility index (Phi) is 9.79. The number of hydrogen-bond acceptors (Lipinski definition) is 10. The number of anilines is 3. The van der Waals surface area contributed by atoms with Crippen molar-refractivity contribution in [1.82, 2.24) is 24.6 Å². The Morgan fingerprint density at radius 2 is 1.80 bits per heavy atom. The number of aryl methyl sites for hydroxylation is 1. The normalized spacial score (nSPS) is 21.2. The maximum atomic E-state index is 13.9. The average molecular weight is 719 g/mol. The van der Waals surface area contributed by atoms with Crippen molar-refractivity contribution < 1.29 is 24.0 Å². The zero-order valence-corrected chi connectivity index (χ0v) is 27.8. The molecule has 4 heterocycles. The topological polar surface area (TPSA) is 177 Å². The van der Waals surface area contributed by atoms with Gasteiger partial charge in [0, 0.05) is 68.8 Å². The lowest BCUT2D eigenvalue weighted by atomic mass is 10.1. The lowest BCUT2D eigenvalue weighted by molar-refractivity contribution is -0.384. The van der Waals surface area contributed by atoms with Gasteiger partial charge in [-0.05, 0) is 32.4 Å². The van der Waals surface area contributed by atoms with Gasteiger partial charge in [0.15, 0.2) is 5.82 Å². The zero-order chi connectivity index (χ0) is 33.3. The molecule has 0 radical (unpaired) electrons. The predicted octanol–water partition coefficient (Wildman–Crippen LogP) is 3.76. The zero-order valence-electron chi connectivity index (χ0n) is 25.5. The van der Waals surface area contributed by atoms with E-state index < -0.39 is 34.7 Å². The molecule has 3 aromatic rings. The third kappa shape index (κ3) is 7.08. The van der Waals surface area contributed by atoms with Crippen molar-refractivity contribution in [2.75, 3.05) is 42.6 Å². The van der Waals surface area contributed by atoms with Crippen LogP contribution in [0.15, 0.2) is 41.1 Å². The second kappa shape index (κ2) is 13.6. The second-order valence-electron chi connectivity index (χ2n) is 11.3. The molecule has 0 unspecified atom stereocenters. The highest BCUT2D eigenvalue weighted by Gasteiger charge is 2.42. The summed E-state index contributed by atoms with van der Waals surface area (Å²) >= 11 is 9.42. The molecule has 46 heavy (non-hydrogen) atoms. The van der Waals surface area contributed by atoms with E-state index in [2.05, 4.69) is 42.0 Å². The fourth-order valence-corrected chi connectivity index (χ4v) is 6.35. The fourth-order valence-electron chi connectivity index (χ4n) is 5.76. The van der Waals surface area contributed by atoms with E-state index in [1.807, 2.05) is 13.8 Å². The van der Waals surface area contributed by atoms with Crippen molar-refractivity contribution in [3.63, 3.8) is 0 Å². The number of nitro groups is 1. The highest BCUT2D eigenvalue weighted by molar-refractivity contribution is 9.10. The number of nitro benzene ring substituents is 1. The van der Waals surface area contributed by atoms with Crippen LogP contribution in [-0.2, 0) is 16.6 Å². The lowest BCUT2D eigenvalue weighted by Crippen LogP contribution is -2.48. The van der Waals surface area contributed by atoms with Gasteiger partial charge < -0.3 is 30.5 Å². The minimum absolute atomic E-state index is 0.00110. The number of benzene rings is 1. The summed E-state index contributed by atoms with van der Waals surface area (Å²) < 4.78 is 7.51. The first kappa shape index (κ1) is 33.1. The van der Waals surface area contributed by atoms with Gasteiger partial charge in [-0.15, -0.1) is 0 Å². The number of likely N-dealkylation sites (tertiary alicyclic amines) is 1. The Morgan fingerprint density at radius 1 is 1.09 bits per heavy atom. The Labute approximate surface area is 277 Å². The Bertz CT molecular complexity index is 1660.